The van der Waals surface area contributed by atoms with Gasteiger partial charge in [-0.05, 0) is 32.2 Å². The van der Waals surface area contributed by atoms with E-state index in [-0.39, 0.29) is 12.5 Å². The minimum Gasteiger partial charge on any atom is -0.481 e. The van der Waals surface area contributed by atoms with Gasteiger partial charge < -0.3 is 24.6 Å². The van der Waals surface area contributed by atoms with Crippen LogP contribution >= 0.6 is 0 Å². The van der Waals surface area contributed by atoms with Crippen molar-refractivity contribution in [1.82, 2.24) is 4.90 Å². The van der Waals surface area contributed by atoms with E-state index < -0.39 is 12.1 Å². The first-order chi connectivity index (χ1) is 9.51. The van der Waals surface area contributed by atoms with Crippen LogP contribution in [0.25, 0.3) is 0 Å². The van der Waals surface area contributed by atoms with Crippen molar-refractivity contribution in [3.05, 3.63) is 0 Å². The largest absolute Gasteiger partial charge is 0.481 e. The Kier molecular flexibility index (Phi) is 8.06. The van der Waals surface area contributed by atoms with E-state index >= 15 is 0 Å². The molecule has 1 saturated heterocycles. The zero-order valence-corrected chi connectivity index (χ0v) is 12.5. The summed E-state index contributed by atoms with van der Waals surface area (Å²) in [5, 5.41) is 18.6. The second-order valence-corrected chi connectivity index (χ2v) is 5.60. The molecule has 1 aliphatic heterocycles. The second-order valence-electron chi connectivity index (χ2n) is 5.60. The van der Waals surface area contributed by atoms with Crippen molar-refractivity contribution >= 4 is 5.97 Å². The number of likely N-dealkylation sites (tertiary alicyclic amines) is 1. The number of carbonyl (C=O) groups is 1. The third kappa shape index (κ3) is 7.19. The topological polar surface area (TPSA) is 79.2 Å². The molecule has 118 valence electrons. The number of aliphatic carboxylic acids is 1. The number of nitrogens with zero attached hydrogens (tertiary/aromatic N) is 1. The lowest BCUT2D eigenvalue weighted by molar-refractivity contribution is -0.137. The monoisotopic (exact) mass is 289 g/mol. The molecule has 20 heavy (non-hydrogen) atoms. The second kappa shape index (κ2) is 9.28. The third-order valence-electron chi connectivity index (χ3n) is 3.58. The molecule has 3 unspecified atom stereocenters. The third-order valence-corrected chi connectivity index (χ3v) is 3.58. The number of β-amino-alcohol motifs (C(OH)–C–C–N with tert-alkyl or cyclic N) is 1. The summed E-state index contributed by atoms with van der Waals surface area (Å²) in [7, 11) is 1.62. The van der Waals surface area contributed by atoms with Crippen LogP contribution in [-0.2, 0) is 14.3 Å². The van der Waals surface area contributed by atoms with Gasteiger partial charge in [-0.3, -0.25) is 4.79 Å². The minimum atomic E-state index is -0.732. The molecule has 0 radical (unpaired) electrons. The number of hydrogen-bond acceptors (Lipinski definition) is 5. The zero-order chi connectivity index (χ0) is 15.0. The normalized spacial score (nSPS) is 22.9. The van der Waals surface area contributed by atoms with Gasteiger partial charge in [0.05, 0.1) is 25.4 Å². The number of aliphatic hydroxyl groups excluding tert-OH is 1. The Balaban J connectivity index is 2.13. The maximum Gasteiger partial charge on any atom is 0.303 e. The lowest BCUT2D eigenvalue weighted by atomic mass is 10.0. The van der Waals surface area contributed by atoms with Gasteiger partial charge in [0.1, 0.15) is 0 Å². The molecule has 1 fully saturated rings. The summed E-state index contributed by atoms with van der Waals surface area (Å²) in [4.78, 5) is 12.7. The molecule has 0 spiro atoms. The zero-order valence-electron chi connectivity index (χ0n) is 12.5. The van der Waals surface area contributed by atoms with E-state index in [1.807, 2.05) is 6.92 Å². The standard InChI is InChI=1S/C14H27NO5/c1-11(9-19-2)20-10-13(16)8-15-6-5-12(7-15)3-4-14(17)18/h11-13,16H,3-10H2,1-2H3,(H,17,18). The molecule has 1 heterocycles. The number of carboxylic acid groups (broad SMARTS) is 1. The molecular weight excluding hydrogens is 262 g/mol. The van der Waals surface area contributed by atoms with E-state index in [1.54, 1.807) is 7.11 Å². The average Bonchev–Trinajstić information content (AvgIpc) is 2.82. The Morgan fingerprint density at radius 1 is 1.45 bits per heavy atom. The molecule has 1 rings (SSSR count). The molecule has 0 amide bonds. The lowest BCUT2D eigenvalue weighted by Gasteiger charge is -2.21. The van der Waals surface area contributed by atoms with E-state index in [1.165, 1.54) is 0 Å². The first-order valence-electron chi connectivity index (χ1n) is 7.24. The summed E-state index contributed by atoms with van der Waals surface area (Å²) >= 11 is 0. The van der Waals surface area contributed by atoms with Gasteiger partial charge >= 0.3 is 5.97 Å². The Labute approximate surface area is 120 Å². The van der Waals surface area contributed by atoms with Crippen molar-refractivity contribution in [1.29, 1.82) is 0 Å². The highest BCUT2D eigenvalue weighted by molar-refractivity contribution is 5.66. The van der Waals surface area contributed by atoms with E-state index in [2.05, 4.69) is 4.90 Å². The molecule has 0 bridgehead atoms. The van der Waals surface area contributed by atoms with Crippen molar-refractivity contribution < 1.29 is 24.5 Å². The van der Waals surface area contributed by atoms with Crippen molar-refractivity contribution in [2.75, 3.05) is 40.0 Å². The molecular formula is C14H27NO5. The maximum absolute atomic E-state index is 10.5. The number of carboxylic acids is 1. The molecule has 0 aromatic heterocycles. The molecule has 2 N–H and O–H groups in total. The highest BCUT2D eigenvalue weighted by atomic mass is 16.5. The first kappa shape index (κ1) is 17.4. The molecule has 0 aromatic carbocycles. The van der Waals surface area contributed by atoms with Crippen molar-refractivity contribution in [3.63, 3.8) is 0 Å². The van der Waals surface area contributed by atoms with Gasteiger partial charge in [0.25, 0.3) is 0 Å². The highest BCUT2D eigenvalue weighted by Crippen LogP contribution is 2.21. The summed E-state index contributed by atoms with van der Waals surface area (Å²) in [6.07, 6.45) is 1.45. The highest BCUT2D eigenvalue weighted by Gasteiger charge is 2.24. The van der Waals surface area contributed by atoms with Crippen molar-refractivity contribution in [2.45, 2.75) is 38.4 Å². The first-order valence-corrected chi connectivity index (χ1v) is 7.24. The Bertz CT molecular complexity index is 287. The number of rotatable bonds is 10. The summed E-state index contributed by atoms with van der Waals surface area (Å²) in [5.74, 6) is -0.296. The van der Waals surface area contributed by atoms with E-state index in [9.17, 15) is 9.90 Å². The quantitative estimate of drug-likeness (QED) is 0.612. The summed E-state index contributed by atoms with van der Waals surface area (Å²) < 4.78 is 10.4. The van der Waals surface area contributed by atoms with Crippen LogP contribution < -0.4 is 0 Å². The minimum absolute atomic E-state index is 0.0171. The number of aliphatic hydroxyl groups is 1. The van der Waals surface area contributed by atoms with Crippen molar-refractivity contribution in [3.8, 4) is 0 Å². The molecule has 6 heteroatoms. The van der Waals surface area contributed by atoms with Gasteiger partial charge in [-0.25, -0.2) is 0 Å². The van der Waals surface area contributed by atoms with Crippen LogP contribution in [0.4, 0.5) is 0 Å². The van der Waals surface area contributed by atoms with Crippen LogP contribution in [-0.4, -0.2) is 73.2 Å². The van der Waals surface area contributed by atoms with Gasteiger partial charge in [0.2, 0.25) is 0 Å². The van der Waals surface area contributed by atoms with Gasteiger partial charge in [-0.15, -0.1) is 0 Å². The molecule has 0 saturated carbocycles. The maximum atomic E-state index is 10.5. The lowest BCUT2D eigenvalue weighted by Crippen LogP contribution is -2.34. The number of methoxy groups -OCH3 is 1. The van der Waals surface area contributed by atoms with E-state index in [4.69, 9.17) is 14.6 Å². The predicted molar refractivity (Wildman–Crippen MR) is 74.7 cm³/mol. The SMILES string of the molecule is COCC(C)OCC(O)CN1CCC(CCC(=O)O)C1. The van der Waals surface area contributed by atoms with Crippen LogP contribution in [0.1, 0.15) is 26.2 Å². The van der Waals surface area contributed by atoms with E-state index in [0.717, 1.165) is 25.9 Å². The Morgan fingerprint density at radius 2 is 2.20 bits per heavy atom. The predicted octanol–water partition coefficient (Wildman–Crippen LogP) is 0.586. The van der Waals surface area contributed by atoms with Crippen LogP contribution in [0.5, 0.6) is 0 Å². The fourth-order valence-electron chi connectivity index (χ4n) is 2.55. The summed E-state index contributed by atoms with van der Waals surface area (Å²) in [6.45, 7) is 5.12. The average molecular weight is 289 g/mol. The fraction of sp³-hybridized carbons (Fsp3) is 0.929. The number of hydrogen-bond donors (Lipinski definition) is 2. The van der Waals surface area contributed by atoms with Crippen LogP contribution in [0.15, 0.2) is 0 Å². The molecule has 0 aliphatic carbocycles. The smallest absolute Gasteiger partial charge is 0.303 e. The van der Waals surface area contributed by atoms with Crippen LogP contribution in [0, 0.1) is 5.92 Å². The van der Waals surface area contributed by atoms with Gasteiger partial charge in [-0.1, -0.05) is 0 Å². The Hall–Kier alpha value is -0.690. The number of ether oxygens (including phenoxy) is 2. The fourth-order valence-corrected chi connectivity index (χ4v) is 2.55. The van der Waals surface area contributed by atoms with E-state index in [0.29, 0.717) is 25.7 Å². The van der Waals surface area contributed by atoms with Crippen molar-refractivity contribution in [2.24, 2.45) is 5.92 Å². The summed E-state index contributed by atoms with van der Waals surface area (Å²) in [5.41, 5.74) is 0. The molecule has 0 aromatic rings. The molecule has 1 aliphatic rings. The van der Waals surface area contributed by atoms with Crippen LogP contribution in [0.2, 0.25) is 0 Å². The molecule has 3 atom stereocenters. The van der Waals surface area contributed by atoms with Gasteiger partial charge in [-0.2, -0.15) is 0 Å². The van der Waals surface area contributed by atoms with Gasteiger partial charge in [0.15, 0.2) is 0 Å². The van der Waals surface area contributed by atoms with Crippen LogP contribution in [0.3, 0.4) is 0 Å². The molecule has 6 nitrogen and oxygen atoms in total. The Morgan fingerprint density at radius 3 is 2.85 bits per heavy atom. The van der Waals surface area contributed by atoms with Gasteiger partial charge in [0, 0.05) is 26.6 Å². The summed E-state index contributed by atoms with van der Waals surface area (Å²) in [6, 6.07) is 0.